The monoisotopic (exact) mass is 280 g/mol. The molecule has 0 spiro atoms. The second-order valence-electron chi connectivity index (χ2n) is 5.25. The van der Waals surface area contributed by atoms with E-state index in [1.807, 2.05) is 32.9 Å². The zero-order chi connectivity index (χ0) is 14.5. The molecule has 0 radical (unpaired) electrons. The minimum absolute atomic E-state index is 0.00509. The van der Waals surface area contributed by atoms with E-state index in [1.165, 1.54) is 0 Å². The molecule has 0 aliphatic heterocycles. The maximum absolute atomic E-state index is 11.6. The van der Waals surface area contributed by atoms with Crippen LogP contribution >= 0.6 is 12.2 Å². The Labute approximate surface area is 119 Å². The first-order valence-electron chi connectivity index (χ1n) is 6.10. The van der Waals surface area contributed by atoms with Crippen LogP contribution in [0.4, 0.5) is 5.82 Å². The molecule has 1 aromatic rings. The van der Waals surface area contributed by atoms with E-state index in [-0.39, 0.29) is 16.4 Å². The SMILES string of the molecule is CC(C)(C)NC(=O)CCNc1cccc(C(N)=S)n1. The fourth-order valence-electron chi connectivity index (χ4n) is 1.46. The molecule has 19 heavy (non-hydrogen) atoms. The van der Waals surface area contributed by atoms with Crippen LogP contribution in [0, 0.1) is 0 Å². The topological polar surface area (TPSA) is 80.0 Å². The summed E-state index contributed by atoms with van der Waals surface area (Å²) in [7, 11) is 0. The van der Waals surface area contributed by atoms with Gasteiger partial charge in [-0.05, 0) is 32.9 Å². The van der Waals surface area contributed by atoms with Crippen molar-refractivity contribution in [2.45, 2.75) is 32.7 Å². The molecule has 0 aliphatic rings. The Morgan fingerprint density at radius 2 is 2.11 bits per heavy atom. The lowest BCUT2D eigenvalue weighted by molar-refractivity contribution is -0.122. The van der Waals surface area contributed by atoms with Gasteiger partial charge in [0.1, 0.15) is 10.8 Å². The maximum atomic E-state index is 11.6. The van der Waals surface area contributed by atoms with Crippen LogP contribution in [0.25, 0.3) is 0 Å². The van der Waals surface area contributed by atoms with E-state index >= 15 is 0 Å². The Morgan fingerprint density at radius 3 is 2.68 bits per heavy atom. The number of nitrogens with one attached hydrogen (secondary N) is 2. The lowest BCUT2D eigenvalue weighted by Crippen LogP contribution is -2.41. The molecule has 0 saturated carbocycles. The van der Waals surface area contributed by atoms with E-state index in [0.29, 0.717) is 24.5 Å². The van der Waals surface area contributed by atoms with Crippen molar-refractivity contribution in [1.29, 1.82) is 0 Å². The normalized spacial score (nSPS) is 10.9. The summed E-state index contributed by atoms with van der Waals surface area (Å²) in [6, 6.07) is 5.38. The van der Waals surface area contributed by atoms with E-state index in [0.717, 1.165) is 0 Å². The van der Waals surface area contributed by atoms with Gasteiger partial charge in [0.05, 0.1) is 5.69 Å². The second kappa shape index (κ2) is 6.47. The van der Waals surface area contributed by atoms with E-state index in [4.69, 9.17) is 18.0 Å². The third kappa shape index (κ3) is 6.15. The summed E-state index contributed by atoms with van der Waals surface area (Å²) in [4.78, 5) is 16.1. The minimum atomic E-state index is -0.207. The summed E-state index contributed by atoms with van der Waals surface area (Å²) in [6.45, 7) is 6.36. The van der Waals surface area contributed by atoms with Crippen molar-refractivity contribution in [1.82, 2.24) is 10.3 Å². The third-order valence-electron chi connectivity index (χ3n) is 2.17. The highest BCUT2D eigenvalue weighted by Gasteiger charge is 2.12. The number of rotatable bonds is 5. The number of hydrogen-bond donors (Lipinski definition) is 3. The Bertz CT molecular complexity index is 468. The number of pyridine rings is 1. The van der Waals surface area contributed by atoms with Gasteiger partial charge in [-0.1, -0.05) is 18.3 Å². The van der Waals surface area contributed by atoms with Crippen molar-refractivity contribution in [2.24, 2.45) is 5.73 Å². The molecule has 0 aromatic carbocycles. The molecule has 0 unspecified atom stereocenters. The van der Waals surface area contributed by atoms with Crippen LogP contribution in [-0.2, 0) is 4.79 Å². The summed E-state index contributed by atoms with van der Waals surface area (Å²) < 4.78 is 0. The number of aromatic nitrogens is 1. The van der Waals surface area contributed by atoms with Gasteiger partial charge in [-0.15, -0.1) is 0 Å². The van der Waals surface area contributed by atoms with Crippen molar-refractivity contribution in [3.8, 4) is 0 Å². The van der Waals surface area contributed by atoms with Crippen molar-refractivity contribution >= 4 is 28.9 Å². The zero-order valence-corrected chi connectivity index (χ0v) is 12.3. The largest absolute Gasteiger partial charge is 0.388 e. The number of thiocarbonyl (C=S) groups is 1. The molecule has 0 fully saturated rings. The van der Waals surface area contributed by atoms with Gasteiger partial charge in [0, 0.05) is 18.5 Å². The number of nitrogens with zero attached hydrogens (tertiary/aromatic N) is 1. The first kappa shape index (κ1) is 15.4. The van der Waals surface area contributed by atoms with Crippen LogP contribution in [0.5, 0.6) is 0 Å². The smallest absolute Gasteiger partial charge is 0.222 e. The van der Waals surface area contributed by atoms with Gasteiger partial charge >= 0.3 is 0 Å². The Hall–Kier alpha value is -1.69. The molecule has 5 nitrogen and oxygen atoms in total. The predicted octanol–water partition coefficient (Wildman–Crippen LogP) is 1.43. The summed E-state index contributed by atoms with van der Waals surface area (Å²) in [5.74, 6) is 0.666. The molecule has 0 aliphatic carbocycles. The summed E-state index contributed by atoms with van der Waals surface area (Å²) in [5, 5.41) is 5.96. The molecule has 1 heterocycles. The summed E-state index contributed by atoms with van der Waals surface area (Å²) in [6.07, 6.45) is 0.385. The van der Waals surface area contributed by atoms with E-state index < -0.39 is 0 Å². The van der Waals surface area contributed by atoms with Crippen LogP contribution in [0.1, 0.15) is 32.9 Å². The standard InChI is InChI=1S/C13H20N4OS/c1-13(2,3)17-11(18)7-8-15-10-6-4-5-9(16-10)12(14)19/h4-6H,7-8H2,1-3H3,(H2,14,19)(H,15,16)(H,17,18). The van der Waals surface area contributed by atoms with Gasteiger partial charge < -0.3 is 16.4 Å². The number of carbonyl (C=O) groups excluding carboxylic acids is 1. The number of amides is 1. The van der Waals surface area contributed by atoms with Crippen molar-refractivity contribution < 1.29 is 4.79 Å². The maximum Gasteiger partial charge on any atom is 0.222 e. The van der Waals surface area contributed by atoms with Gasteiger partial charge in [-0.3, -0.25) is 4.79 Å². The molecule has 1 amide bonds. The van der Waals surface area contributed by atoms with Crippen molar-refractivity contribution in [3.63, 3.8) is 0 Å². The van der Waals surface area contributed by atoms with Gasteiger partial charge in [0.15, 0.2) is 0 Å². The predicted molar refractivity (Wildman–Crippen MR) is 81.1 cm³/mol. The Kier molecular flexibility index (Phi) is 5.23. The quantitative estimate of drug-likeness (QED) is 0.711. The number of hydrogen-bond acceptors (Lipinski definition) is 4. The number of nitrogens with two attached hydrogens (primary N) is 1. The average molecular weight is 280 g/mol. The van der Waals surface area contributed by atoms with Gasteiger partial charge in [-0.25, -0.2) is 4.98 Å². The van der Waals surface area contributed by atoms with Crippen molar-refractivity contribution in [3.05, 3.63) is 23.9 Å². The van der Waals surface area contributed by atoms with Crippen LogP contribution in [0.2, 0.25) is 0 Å². The first-order valence-corrected chi connectivity index (χ1v) is 6.50. The van der Waals surface area contributed by atoms with Crippen LogP contribution in [0.3, 0.4) is 0 Å². The highest BCUT2D eigenvalue weighted by atomic mass is 32.1. The van der Waals surface area contributed by atoms with Gasteiger partial charge in [-0.2, -0.15) is 0 Å². The molecule has 104 valence electrons. The third-order valence-corrected chi connectivity index (χ3v) is 2.38. The van der Waals surface area contributed by atoms with Crippen LogP contribution in [0.15, 0.2) is 18.2 Å². The number of anilines is 1. The Morgan fingerprint density at radius 1 is 1.42 bits per heavy atom. The lowest BCUT2D eigenvalue weighted by atomic mass is 10.1. The van der Waals surface area contributed by atoms with Crippen molar-refractivity contribution in [2.75, 3.05) is 11.9 Å². The molecule has 4 N–H and O–H groups in total. The molecule has 0 bridgehead atoms. The summed E-state index contributed by atoms with van der Waals surface area (Å²) in [5.41, 5.74) is 5.87. The second-order valence-corrected chi connectivity index (χ2v) is 5.69. The van der Waals surface area contributed by atoms with E-state index in [1.54, 1.807) is 6.07 Å². The van der Waals surface area contributed by atoms with E-state index in [2.05, 4.69) is 15.6 Å². The highest BCUT2D eigenvalue weighted by molar-refractivity contribution is 7.80. The molecule has 0 saturated heterocycles. The highest BCUT2D eigenvalue weighted by Crippen LogP contribution is 2.05. The molecular weight excluding hydrogens is 260 g/mol. The molecule has 6 heteroatoms. The van der Waals surface area contributed by atoms with Gasteiger partial charge in [0.25, 0.3) is 0 Å². The number of carbonyl (C=O) groups is 1. The zero-order valence-electron chi connectivity index (χ0n) is 11.5. The Balaban J connectivity index is 2.43. The van der Waals surface area contributed by atoms with E-state index in [9.17, 15) is 4.79 Å². The molecule has 1 rings (SSSR count). The fraction of sp³-hybridized carbons (Fsp3) is 0.462. The van der Waals surface area contributed by atoms with Crippen LogP contribution in [-0.4, -0.2) is 28.0 Å². The molecular formula is C13H20N4OS. The average Bonchev–Trinajstić information content (AvgIpc) is 2.27. The van der Waals surface area contributed by atoms with Gasteiger partial charge in [0.2, 0.25) is 5.91 Å². The minimum Gasteiger partial charge on any atom is -0.388 e. The fourth-order valence-corrected chi connectivity index (χ4v) is 1.57. The first-order chi connectivity index (χ1) is 8.78. The molecule has 1 aromatic heterocycles. The van der Waals surface area contributed by atoms with Crippen LogP contribution < -0.4 is 16.4 Å². The summed E-state index contributed by atoms with van der Waals surface area (Å²) >= 11 is 4.86. The molecule has 0 atom stereocenters. The lowest BCUT2D eigenvalue weighted by Gasteiger charge is -2.20.